The molecule has 102 valence electrons. The lowest BCUT2D eigenvalue weighted by Crippen LogP contribution is -2.10. The fourth-order valence-electron chi connectivity index (χ4n) is 1.87. The van der Waals surface area contributed by atoms with Crippen LogP contribution in [0.5, 0.6) is 0 Å². The van der Waals surface area contributed by atoms with Crippen LogP contribution in [-0.4, -0.2) is 25.9 Å². The third kappa shape index (κ3) is 3.81. The summed E-state index contributed by atoms with van der Waals surface area (Å²) in [7, 11) is 0. The minimum absolute atomic E-state index is 0.535. The van der Waals surface area contributed by atoms with Gasteiger partial charge in [-0.05, 0) is 25.5 Å². The molecule has 0 aliphatic heterocycles. The number of rotatable bonds is 6. The van der Waals surface area contributed by atoms with Crippen molar-refractivity contribution in [3.63, 3.8) is 0 Å². The van der Waals surface area contributed by atoms with Crippen LogP contribution >= 0.6 is 11.8 Å². The van der Waals surface area contributed by atoms with Gasteiger partial charge in [-0.2, -0.15) is 0 Å². The van der Waals surface area contributed by atoms with E-state index in [0.29, 0.717) is 5.75 Å². The van der Waals surface area contributed by atoms with Gasteiger partial charge < -0.3 is 5.11 Å². The summed E-state index contributed by atoms with van der Waals surface area (Å²) in [4.78, 5) is 1.17. The van der Waals surface area contributed by atoms with Crippen molar-refractivity contribution in [1.82, 2.24) is 15.0 Å². The molecule has 1 atom stereocenters. The number of thioether (sulfide) groups is 1. The average Bonchev–Trinajstić information content (AvgIpc) is 2.85. The summed E-state index contributed by atoms with van der Waals surface area (Å²) in [5.74, 6) is 0.612. The van der Waals surface area contributed by atoms with Gasteiger partial charge in [-0.3, -0.25) is 0 Å². The Hall–Kier alpha value is -1.33. The molecule has 0 bridgehead atoms. The van der Waals surface area contributed by atoms with Gasteiger partial charge in [-0.25, -0.2) is 4.68 Å². The van der Waals surface area contributed by atoms with E-state index in [1.807, 2.05) is 6.07 Å². The molecule has 4 nitrogen and oxygen atoms in total. The van der Waals surface area contributed by atoms with E-state index in [9.17, 15) is 5.11 Å². The van der Waals surface area contributed by atoms with Crippen LogP contribution in [0, 0.1) is 6.92 Å². The third-order valence-electron chi connectivity index (χ3n) is 2.82. The lowest BCUT2D eigenvalue weighted by molar-refractivity contribution is 0.191. The Kier molecular flexibility index (Phi) is 4.99. The first-order valence-corrected chi connectivity index (χ1v) is 7.45. The fourth-order valence-corrected chi connectivity index (χ4v) is 2.84. The average molecular weight is 277 g/mol. The van der Waals surface area contributed by atoms with E-state index in [2.05, 4.69) is 42.4 Å². The monoisotopic (exact) mass is 277 g/mol. The number of aliphatic hydroxyl groups is 1. The maximum Gasteiger partial charge on any atom is 0.107 e. The van der Waals surface area contributed by atoms with Gasteiger partial charge in [-0.1, -0.05) is 29.8 Å². The van der Waals surface area contributed by atoms with Gasteiger partial charge in [0.05, 0.1) is 11.9 Å². The molecule has 5 heteroatoms. The van der Waals surface area contributed by atoms with Gasteiger partial charge in [0.15, 0.2) is 0 Å². The Labute approximate surface area is 117 Å². The Morgan fingerprint density at radius 3 is 3.00 bits per heavy atom. The van der Waals surface area contributed by atoms with E-state index < -0.39 is 6.10 Å². The highest BCUT2D eigenvalue weighted by atomic mass is 32.2. The number of benzene rings is 1. The molecular weight excluding hydrogens is 258 g/mol. The quantitative estimate of drug-likeness (QED) is 0.825. The normalized spacial score (nSPS) is 12.6. The predicted octanol–water partition coefficient (Wildman–Crippen LogP) is 2.82. The maximum absolute atomic E-state index is 10.2. The van der Waals surface area contributed by atoms with E-state index in [1.165, 1.54) is 10.5 Å². The number of hydrogen-bond donors (Lipinski definition) is 1. The van der Waals surface area contributed by atoms with Gasteiger partial charge in [-0.15, -0.1) is 16.9 Å². The molecule has 1 N–H and O–H groups in total. The lowest BCUT2D eigenvalue weighted by Gasteiger charge is -2.11. The second-order valence-corrected chi connectivity index (χ2v) is 5.62. The molecule has 0 aliphatic carbocycles. The fraction of sp³-hybridized carbons (Fsp3) is 0.429. The van der Waals surface area contributed by atoms with Crippen LogP contribution in [-0.2, 0) is 6.54 Å². The zero-order valence-electron chi connectivity index (χ0n) is 11.3. The molecule has 0 fully saturated rings. The summed E-state index contributed by atoms with van der Waals surface area (Å²) in [6.45, 7) is 4.95. The summed E-state index contributed by atoms with van der Waals surface area (Å²) in [6, 6.07) is 8.29. The molecule has 0 radical (unpaired) electrons. The van der Waals surface area contributed by atoms with Crippen molar-refractivity contribution in [2.24, 2.45) is 0 Å². The Bertz CT molecular complexity index is 527. The topological polar surface area (TPSA) is 50.9 Å². The highest BCUT2D eigenvalue weighted by molar-refractivity contribution is 7.99. The summed E-state index contributed by atoms with van der Waals surface area (Å²) in [5, 5.41) is 18.1. The zero-order valence-corrected chi connectivity index (χ0v) is 12.1. The largest absolute Gasteiger partial charge is 0.386 e. The van der Waals surface area contributed by atoms with Gasteiger partial charge in [0.2, 0.25) is 0 Å². The molecule has 0 amide bonds. The standard InChI is InChI=1S/C14H19N3OS/c1-3-7-17-13(9-15-16-17)14(18)10-19-12-6-4-5-11(2)8-12/h4-6,8-9,14,18H,3,7,10H2,1-2H3. The minimum Gasteiger partial charge on any atom is -0.386 e. The second kappa shape index (κ2) is 6.73. The van der Waals surface area contributed by atoms with Crippen molar-refractivity contribution in [1.29, 1.82) is 0 Å². The minimum atomic E-state index is -0.535. The zero-order chi connectivity index (χ0) is 13.7. The summed E-state index contributed by atoms with van der Waals surface area (Å²) in [6.07, 6.45) is 2.10. The molecule has 0 saturated heterocycles. The van der Waals surface area contributed by atoms with Crippen LogP contribution in [0.1, 0.15) is 30.7 Å². The van der Waals surface area contributed by atoms with Gasteiger partial charge in [0.1, 0.15) is 6.10 Å². The van der Waals surface area contributed by atoms with E-state index in [0.717, 1.165) is 18.7 Å². The lowest BCUT2D eigenvalue weighted by atomic mass is 10.2. The van der Waals surface area contributed by atoms with Crippen molar-refractivity contribution in [3.8, 4) is 0 Å². The van der Waals surface area contributed by atoms with Gasteiger partial charge >= 0.3 is 0 Å². The Balaban J connectivity index is 1.97. The molecule has 1 aromatic heterocycles. The highest BCUT2D eigenvalue weighted by Crippen LogP contribution is 2.24. The van der Waals surface area contributed by atoms with Crippen molar-refractivity contribution >= 4 is 11.8 Å². The van der Waals surface area contributed by atoms with Crippen LogP contribution in [0.4, 0.5) is 0 Å². The van der Waals surface area contributed by atoms with E-state index in [4.69, 9.17) is 0 Å². The van der Waals surface area contributed by atoms with Crippen LogP contribution in [0.3, 0.4) is 0 Å². The third-order valence-corrected chi connectivity index (χ3v) is 3.89. The van der Waals surface area contributed by atoms with Crippen LogP contribution in [0.25, 0.3) is 0 Å². The first kappa shape index (κ1) is 14.1. The van der Waals surface area contributed by atoms with Crippen LogP contribution < -0.4 is 0 Å². The SMILES string of the molecule is CCCn1nncc1C(O)CSc1cccc(C)c1. The second-order valence-electron chi connectivity index (χ2n) is 4.53. The van der Waals surface area contributed by atoms with Crippen LogP contribution in [0.2, 0.25) is 0 Å². The highest BCUT2D eigenvalue weighted by Gasteiger charge is 2.14. The molecule has 0 aliphatic rings. The molecule has 19 heavy (non-hydrogen) atoms. The van der Waals surface area contributed by atoms with Crippen molar-refractivity contribution in [2.75, 3.05) is 5.75 Å². The number of hydrogen-bond acceptors (Lipinski definition) is 4. The Morgan fingerprint density at radius 2 is 2.26 bits per heavy atom. The molecule has 1 unspecified atom stereocenters. The molecule has 1 aromatic carbocycles. The van der Waals surface area contributed by atoms with E-state index in [-0.39, 0.29) is 0 Å². The first-order chi connectivity index (χ1) is 9.20. The van der Waals surface area contributed by atoms with Gasteiger partial charge in [0, 0.05) is 17.2 Å². The smallest absolute Gasteiger partial charge is 0.107 e. The van der Waals surface area contributed by atoms with Crippen molar-refractivity contribution in [3.05, 3.63) is 41.7 Å². The number of nitrogens with zero attached hydrogens (tertiary/aromatic N) is 3. The molecule has 0 spiro atoms. The van der Waals surface area contributed by atoms with E-state index in [1.54, 1.807) is 22.6 Å². The van der Waals surface area contributed by atoms with Gasteiger partial charge in [0.25, 0.3) is 0 Å². The van der Waals surface area contributed by atoms with Crippen LogP contribution in [0.15, 0.2) is 35.4 Å². The number of aromatic nitrogens is 3. The molecule has 1 heterocycles. The maximum atomic E-state index is 10.2. The summed E-state index contributed by atoms with van der Waals surface area (Å²) in [5.41, 5.74) is 2.03. The summed E-state index contributed by atoms with van der Waals surface area (Å²) >= 11 is 1.65. The molecule has 0 saturated carbocycles. The molecule has 2 aromatic rings. The van der Waals surface area contributed by atoms with Crippen molar-refractivity contribution in [2.45, 2.75) is 37.8 Å². The van der Waals surface area contributed by atoms with E-state index >= 15 is 0 Å². The predicted molar refractivity (Wildman–Crippen MR) is 77.2 cm³/mol. The number of aryl methyl sites for hydroxylation is 2. The molecular formula is C14H19N3OS. The Morgan fingerprint density at radius 1 is 1.42 bits per heavy atom. The number of aliphatic hydroxyl groups excluding tert-OH is 1. The summed E-state index contributed by atoms with van der Waals surface area (Å²) < 4.78 is 1.78. The first-order valence-electron chi connectivity index (χ1n) is 6.46. The molecule has 2 rings (SSSR count). The van der Waals surface area contributed by atoms with Crippen molar-refractivity contribution < 1.29 is 5.11 Å².